The topological polar surface area (TPSA) is 71.3 Å². The van der Waals surface area contributed by atoms with Crippen LogP contribution in [0.3, 0.4) is 0 Å². The van der Waals surface area contributed by atoms with E-state index >= 15 is 0 Å². The highest BCUT2D eigenvalue weighted by molar-refractivity contribution is 5.92. The van der Waals surface area contributed by atoms with Crippen LogP contribution in [0, 0.1) is 0 Å². The average molecular weight is 465 g/mol. The number of likely N-dealkylation sites (N-methyl/N-ethyl adjacent to an activating group) is 1. The number of nitrogens with zero attached hydrogens (tertiary/aromatic N) is 4. The first kappa shape index (κ1) is 23.8. The minimum Gasteiger partial charge on any atom is -0.497 e. The Bertz CT molecular complexity index is 1080. The van der Waals surface area contributed by atoms with E-state index in [1.54, 1.807) is 14.2 Å². The lowest BCUT2D eigenvalue weighted by Crippen LogP contribution is -2.47. The molecule has 0 radical (unpaired) electrons. The zero-order valence-corrected chi connectivity index (χ0v) is 20.1. The molecule has 1 fully saturated rings. The van der Waals surface area contributed by atoms with E-state index < -0.39 is 0 Å². The van der Waals surface area contributed by atoms with Crippen LogP contribution in [0.2, 0.25) is 0 Å². The maximum atomic E-state index is 12.9. The Hall–Kier alpha value is -3.36. The zero-order chi connectivity index (χ0) is 23.9. The summed E-state index contributed by atoms with van der Waals surface area (Å²) in [5.74, 6) is 1.95. The van der Waals surface area contributed by atoms with Gasteiger partial charge in [0.15, 0.2) is 5.69 Å². The molecule has 1 amide bonds. The van der Waals surface area contributed by atoms with Crippen molar-refractivity contribution in [1.29, 1.82) is 0 Å². The van der Waals surface area contributed by atoms with Crippen LogP contribution in [0.4, 0.5) is 0 Å². The van der Waals surface area contributed by atoms with Crippen LogP contribution < -0.4 is 9.47 Å². The molecular formula is C26H32N4O4. The van der Waals surface area contributed by atoms with E-state index in [4.69, 9.17) is 13.9 Å². The molecule has 1 aliphatic rings. The van der Waals surface area contributed by atoms with Gasteiger partial charge in [0.2, 0.25) is 5.89 Å². The van der Waals surface area contributed by atoms with Crippen LogP contribution >= 0.6 is 0 Å². The van der Waals surface area contributed by atoms with Gasteiger partial charge < -0.3 is 23.7 Å². The smallest absolute Gasteiger partial charge is 0.275 e. The van der Waals surface area contributed by atoms with Crippen molar-refractivity contribution < 1.29 is 18.7 Å². The van der Waals surface area contributed by atoms with Crippen molar-refractivity contribution in [1.82, 2.24) is 19.7 Å². The van der Waals surface area contributed by atoms with Gasteiger partial charge >= 0.3 is 0 Å². The largest absolute Gasteiger partial charge is 0.497 e. The second-order valence-corrected chi connectivity index (χ2v) is 8.53. The molecule has 8 heteroatoms. The number of hydrogen-bond donors (Lipinski definition) is 0. The fraction of sp³-hybridized carbons (Fsp3) is 0.385. The zero-order valence-electron chi connectivity index (χ0n) is 20.1. The quantitative estimate of drug-likeness (QED) is 0.481. The number of aromatic nitrogens is 1. The number of amides is 1. The first-order valence-corrected chi connectivity index (χ1v) is 11.4. The number of methoxy groups -OCH3 is 2. The van der Waals surface area contributed by atoms with Gasteiger partial charge in [-0.05, 0) is 18.7 Å². The van der Waals surface area contributed by atoms with E-state index in [1.165, 1.54) is 11.8 Å². The lowest BCUT2D eigenvalue weighted by molar-refractivity contribution is 0.0658. The number of benzene rings is 2. The fourth-order valence-corrected chi connectivity index (χ4v) is 4.08. The molecule has 0 spiro atoms. The Balaban J connectivity index is 1.50. The molecular weight excluding hydrogens is 432 g/mol. The van der Waals surface area contributed by atoms with E-state index in [0.717, 1.165) is 30.2 Å². The summed E-state index contributed by atoms with van der Waals surface area (Å²) in [7, 11) is 5.36. The predicted octanol–water partition coefficient (Wildman–Crippen LogP) is 3.28. The molecule has 1 aromatic heterocycles. The van der Waals surface area contributed by atoms with Crippen LogP contribution in [-0.4, -0.2) is 73.0 Å². The Morgan fingerprint density at radius 1 is 1.00 bits per heavy atom. The first-order valence-electron chi connectivity index (χ1n) is 11.4. The molecule has 180 valence electrons. The third kappa shape index (κ3) is 5.95. The monoisotopic (exact) mass is 464 g/mol. The number of carbonyl (C=O) groups excluding carboxylic acids is 1. The van der Waals surface area contributed by atoms with Gasteiger partial charge in [-0.15, -0.1) is 0 Å². The molecule has 3 aromatic rings. The summed E-state index contributed by atoms with van der Waals surface area (Å²) >= 11 is 0. The highest BCUT2D eigenvalue weighted by atomic mass is 16.5. The molecule has 34 heavy (non-hydrogen) atoms. The van der Waals surface area contributed by atoms with Gasteiger partial charge in [0.05, 0.1) is 20.8 Å². The van der Waals surface area contributed by atoms with Gasteiger partial charge in [-0.25, -0.2) is 4.98 Å². The molecule has 0 unspecified atom stereocenters. The van der Waals surface area contributed by atoms with Crippen molar-refractivity contribution >= 4 is 5.91 Å². The highest BCUT2D eigenvalue weighted by Gasteiger charge is 2.24. The van der Waals surface area contributed by atoms with Gasteiger partial charge in [-0.1, -0.05) is 36.4 Å². The Kier molecular flexibility index (Phi) is 7.82. The minimum absolute atomic E-state index is 0.0745. The van der Waals surface area contributed by atoms with Crippen molar-refractivity contribution in [3.8, 4) is 11.5 Å². The van der Waals surface area contributed by atoms with Crippen LogP contribution in [0.1, 0.15) is 27.5 Å². The molecule has 0 bridgehead atoms. The van der Waals surface area contributed by atoms with Gasteiger partial charge in [-0.3, -0.25) is 9.69 Å². The Morgan fingerprint density at radius 2 is 1.76 bits per heavy atom. The van der Waals surface area contributed by atoms with Crippen molar-refractivity contribution in [2.45, 2.75) is 19.6 Å². The SMILES string of the molecule is COc1ccc(CN(Cc2ccccc2)Cc2nc(C(=O)N3CCN(C)CC3)co2)c(OC)c1. The van der Waals surface area contributed by atoms with E-state index in [1.807, 2.05) is 41.3 Å². The molecule has 1 aliphatic heterocycles. The lowest BCUT2D eigenvalue weighted by atomic mass is 10.1. The Morgan fingerprint density at radius 3 is 2.47 bits per heavy atom. The third-order valence-corrected chi connectivity index (χ3v) is 6.06. The molecule has 2 aromatic carbocycles. The molecule has 0 N–H and O–H groups in total. The molecule has 4 rings (SSSR count). The highest BCUT2D eigenvalue weighted by Crippen LogP contribution is 2.27. The summed E-state index contributed by atoms with van der Waals surface area (Å²) in [6.45, 7) is 4.91. The molecule has 2 heterocycles. The maximum absolute atomic E-state index is 12.9. The number of rotatable bonds is 9. The molecule has 0 atom stereocenters. The van der Waals surface area contributed by atoms with Crippen molar-refractivity contribution in [3.05, 3.63) is 77.5 Å². The summed E-state index contributed by atoms with van der Waals surface area (Å²) in [5.41, 5.74) is 2.57. The van der Waals surface area contributed by atoms with Crippen molar-refractivity contribution in [2.24, 2.45) is 0 Å². The summed E-state index contributed by atoms with van der Waals surface area (Å²) in [4.78, 5) is 23.7. The van der Waals surface area contributed by atoms with E-state index in [0.29, 0.717) is 44.3 Å². The van der Waals surface area contributed by atoms with E-state index in [-0.39, 0.29) is 5.91 Å². The van der Waals surface area contributed by atoms with Crippen molar-refractivity contribution in [3.63, 3.8) is 0 Å². The summed E-state index contributed by atoms with van der Waals surface area (Å²) in [6, 6.07) is 16.1. The maximum Gasteiger partial charge on any atom is 0.275 e. The number of hydrogen-bond acceptors (Lipinski definition) is 7. The molecule has 0 saturated carbocycles. The molecule has 0 aliphatic carbocycles. The summed E-state index contributed by atoms with van der Waals surface area (Å²) in [5, 5.41) is 0. The second kappa shape index (κ2) is 11.2. The Labute approximate surface area is 200 Å². The third-order valence-electron chi connectivity index (χ3n) is 6.06. The number of oxazole rings is 1. The standard InChI is InChI=1S/C26H32N4O4/c1-28-11-13-30(14-12-28)26(31)23-19-34-25(27-23)18-29(16-20-7-5-4-6-8-20)17-21-9-10-22(32-2)15-24(21)33-3/h4-10,15,19H,11-14,16-18H2,1-3H3. The van der Waals surface area contributed by atoms with Gasteiger partial charge in [0.1, 0.15) is 17.8 Å². The first-order chi connectivity index (χ1) is 16.6. The lowest BCUT2D eigenvalue weighted by Gasteiger charge is -2.31. The number of carbonyl (C=O) groups is 1. The van der Waals surface area contributed by atoms with Gasteiger partial charge in [-0.2, -0.15) is 0 Å². The minimum atomic E-state index is -0.0745. The molecule has 8 nitrogen and oxygen atoms in total. The average Bonchev–Trinajstić information content (AvgIpc) is 3.33. The van der Waals surface area contributed by atoms with Crippen molar-refractivity contribution in [2.75, 3.05) is 47.4 Å². The van der Waals surface area contributed by atoms with E-state index in [9.17, 15) is 4.79 Å². The summed E-state index contributed by atoms with van der Waals surface area (Å²) < 4.78 is 16.7. The van der Waals surface area contributed by atoms with Crippen LogP contribution in [0.25, 0.3) is 0 Å². The second-order valence-electron chi connectivity index (χ2n) is 8.53. The van der Waals surface area contributed by atoms with Crippen LogP contribution in [-0.2, 0) is 19.6 Å². The fourth-order valence-electron chi connectivity index (χ4n) is 4.08. The number of piperazine rings is 1. The van der Waals surface area contributed by atoms with Crippen LogP contribution in [0.5, 0.6) is 11.5 Å². The molecule has 1 saturated heterocycles. The van der Waals surface area contributed by atoms with Gasteiger partial charge in [0.25, 0.3) is 5.91 Å². The van der Waals surface area contributed by atoms with Crippen LogP contribution in [0.15, 0.2) is 59.2 Å². The van der Waals surface area contributed by atoms with Gasteiger partial charge in [0, 0.05) is 50.9 Å². The predicted molar refractivity (Wildman–Crippen MR) is 129 cm³/mol. The summed E-state index contributed by atoms with van der Waals surface area (Å²) in [6.07, 6.45) is 1.48. The van der Waals surface area contributed by atoms with E-state index in [2.05, 4.69) is 34.0 Å². The number of ether oxygens (including phenoxy) is 2. The normalized spacial score (nSPS) is 14.4.